The molecule has 1 aromatic rings. The van der Waals surface area contributed by atoms with E-state index in [0.29, 0.717) is 12.0 Å². The van der Waals surface area contributed by atoms with Crippen molar-refractivity contribution in [3.8, 4) is 0 Å². The number of aryl methyl sites for hydroxylation is 1. The van der Waals surface area contributed by atoms with Crippen LogP contribution in [0.15, 0.2) is 11.0 Å². The van der Waals surface area contributed by atoms with Crippen molar-refractivity contribution in [2.75, 3.05) is 25.6 Å². The van der Waals surface area contributed by atoms with E-state index in [1.165, 1.54) is 6.20 Å². The normalized spacial score (nSPS) is 28.3. The molecule has 0 aromatic carbocycles. The third-order valence-electron chi connectivity index (χ3n) is 5.65. The van der Waals surface area contributed by atoms with Crippen molar-refractivity contribution in [1.82, 2.24) is 9.55 Å². The summed E-state index contributed by atoms with van der Waals surface area (Å²) in [5.41, 5.74) is 3.65. The second kappa shape index (κ2) is 10.8. The maximum atomic E-state index is 12.6. The molecule has 1 aromatic heterocycles. The van der Waals surface area contributed by atoms with Crippen molar-refractivity contribution in [3.05, 3.63) is 22.2 Å². The largest absolute Gasteiger partial charge is 0.472 e. The number of hydrogen-bond donors (Lipinski definition) is 4. The number of fused-ring (bicyclic) bond motifs is 2. The average molecular weight is 527 g/mol. The van der Waals surface area contributed by atoms with Gasteiger partial charge in [0, 0.05) is 11.8 Å². The number of phosphoric ester groups is 2. The molecule has 2 fully saturated rings. The molecule has 0 amide bonds. The van der Waals surface area contributed by atoms with Crippen LogP contribution in [0.3, 0.4) is 0 Å². The number of nitrogen functional groups attached to an aromatic ring is 1. The molecule has 2 unspecified atom stereocenters. The maximum absolute atomic E-state index is 12.6. The molecule has 0 spiro atoms. The summed E-state index contributed by atoms with van der Waals surface area (Å²) in [6.45, 7) is 2.66. The van der Waals surface area contributed by atoms with Crippen molar-refractivity contribution in [1.29, 1.82) is 0 Å². The van der Waals surface area contributed by atoms with Gasteiger partial charge in [-0.3, -0.25) is 18.1 Å². The minimum Gasteiger partial charge on any atom is -0.383 e. The highest BCUT2D eigenvalue weighted by Crippen LogP contribution is 2.55. The maximum Gasteiger partial charge on any atom is 0.472 e. The fourth-order valence-corrected chi connectivity index (χ4v) is 5.30. The van der Waals surface area contributed by atoms with Crippen LogP contribution in [0, 0.1) is 6.92 Å². The highest BCUT2D eigenvalue weighted by atomic mass is 31.2. The van der Waals surface area contributed by atoms with E-state index in [4.69, 9.17) is 34.0 Å². The van der Waals surface area contributed by atoms with Gasteiger partial charge in [-0.25, -0.2) is 13.9 Å². The first-order valence-corrected chi connectivity index (χ1v) is 13.9. The first kappa shape index (κ1) is 27.4. The summed E-state index contributed by atoms with van der Waals surface area (Å²) < 4.78 is 51.7. The van der Waals surface area contributed by atoms with Crippen LogP contribution in [0.1, 0.15) is 50.8 Å². The van der Waals surface area contributed by atoms with Crippen LogP contribution < -0.4 is 11.4 Å². The van der Waals surface area contributed by atoms with Crippen LogP contribution in [0.5, 0.6) is 0 Å². The molecule has 2 aliphatic rings. The molecule has 2 bridgehead atoms. The lowest BCUT2D eigenvalue weighted by molar-refractivity contribution is -0.185. The SMILES string of the molecule is CCCCCCCOP(=O)(O)O[C@@H]1C2OC[C@]1(COP(=O)(O)O)O[C@H]2n1cc(C)c(N)nc1=O. The van der Waals surface area contributed by atoms with Gasteiger partial charge in [0.25, 0.3) is 0 Å². The topological polar surface area (TPSA) is 202 Å². The smallest absolute Gasteiger partial charge is 0.383 e. The Kier molecular flexibility index (Phi) is 8.73. The number of unbranched alkanes of at least 4 members (excludes halogenated alkanes) is 4. The summed E-state index contributed by atoms with van der Waals surface area (Å²) in [4.78, 5) is 44.7. The van der Waals surface area contributed by atoms with Crippen LogP contribution in [-0.2, 0) is 32.2 Å². The number of phosphoric acid groups is 2. The summed E-state index contributed by atoms with van der Waals surface area (Å²) in [6.07, 6.45) is 2.19. The first-order chi connectivity index (χ1) is 15.9. The third kappa shape index (κ3) is 6.52. The van der Waals surface area contributed by atoms with Gasteiger partial charge in [0.05, 0.1) is 19.8 Å². The van der Waals surface area contributed by atoms with E-state index in [-0.39, 0.29) is 19.0 Å². The van der Waals surface area contributed by atoms with Gasteiger partial charge in [0.2, 0.25) is 0 Å². The molecule has 0 saturated carbocycles. The van der Waals surface area contributed by atoms with E-state index in [1.807, 2.05) is 0 Å². The summed E-state index contributed by atoms with van der Waals surface area (Å²) in [6, 6.07) is 0. The predicted octanol–water partition coefficient (Wildman–Crippen LogP) is 1.38. The molecule has 0 radical (unpaired) electrons. The van der Waals surface area contributed by atoms with E-state index >= 15 is 0 Å². The van der Waals surface area contributed by atoms with Gasteiger partial charge in [-0.2, -0.15) is 4.98 Å². The van der Waals surface area contributed by atoms with Gasteiger partial charge in [-0.05, 0) is 13.3 Å². The predicted molar refractivity (Wildman–Crippen MR) is 118 cm³/mol. The molecule has 14 nitrogen and oxygen atoms in total. The average Bonchev–Trinajstić information content (AvgIpc) is 3.22. The molecule has 194 valence electrons. The lowest BCUT2D eigenvalue weighted by Gasteiger charge is -2.31. The fraction of sp³-hybridized carbons (Fsp3) is 0.778. The molecule has 0 aliphatic carbocycles. The second-order valence-corrected chi connectivity index (χ2v) is 11.0. The number of nitrogens with zero attached hydrogens (tertiary/aromatic N) is 2. The molecule has 2 aliphatic heterocycles. The Morgan fingerprint density at radius 1 is 1.24 bits per heavy atom. The Labute approximate surface area is 196 Å². The van der Waals surface area contributed by atoms with Crippen LogP contribution >= 0.6 is 15.6 Å². The highest BCUT2D eigenvalue weighted by molar-refractivity contribution is 7.47. The number of nitrogens with two attached hydrogens (primary N) is 1. The second-order valence-electron chi connectivity index (χ2n) is 8.35. The number of ether oxygens (including phenoxy) is 2. The van der Waals surface area contributed by atoms with Crippen LogP contribution in [0.4, 0.5) is 5.82 Å². The summed E-state index contributed by atoms with van der Waals surface area (Å²) in [7, 11) is -9.55. The van der Waals surface area contributed by atoms with Crippen molar-refractivity contribution in [2.45, 2.75) is 70.0 Å². The molecule has 34 heavy (non-hydrogen) atoms. The van der Waals surface area contributed by atoms with Crippen LogP contribution in [0.25, 0.3) is 0 Å². The summed E-state index contributed by atoms with van der Waals surface area (Å²) in [5, 5.41) is 0. The van der Waals surface area contributed by atoms with E-state index < -0.39 is 52.0 Å². The molecule has 16 heteroatoms. The van der Waals surface area contributed by atoms with E-state index in [1.54, 1.807) is 6.92 Å². The van der Waals surface area contributed by atoms with E-state index in [9.17, 15) is 18.8 Å². The number of anilines is 1. The van der Waals surface area contributed by atoms with Gasteiger partial charge < -0.3 is 29.9 Å². The number of rotatable bonds is 13. The Bertz CT molecular complexity index is 1020. The zero-order valence-corrected chi connectivity index (χ0v) is 20.7. The van der Waals surface area contributed by atoms with Gasteiger partial charge in [0.1, 0.15) is 23.6 Å². The monoisotopic (exact) mass is 527 g/mol. The van der Waals surface area contributed by atoms with Crippen molar-refractivity contribution >= 4 is 21.5 Å². The minimum absolute atomic E-state index is 0.0184. The zero-order chi connectivity index (χ0) is 25.1. The quantitative estimate of drug-likeness (QED) is 0.212. The van der Waals surface area contributed by atoms with Gasteiger partial charge in [-0.15, -0.1) is 0 Å². The molecular formula is C18H31N3O11P2. The van der Waals surface area contributed by atoms with E-state index in [0.717, 1.165) is 30.3 Å². The Hall–Kier alpha value is -1.18. The minimum atomic E-state index is -4.93. The molecule has 5 atom stereocenters. The van der Waals surface area contributed by atoms with Crippen molar-refractivity contribution in [3.63, 3.8) is 0 Å². The van der Waals surface area contributed by atoms with Crippen molar-refractivity contribution < 1.29 is 46.9 Å². The highest BCUT2D eigenvalue weighted by Gasteiger charge is 2.65. The van der Waals surface area contributed by atoms with Crippen LogP contribution in [-0.4, -0.2) is 61.9 Å². The van der Waals surface area contributed by atoms with Crippen molar-refractivity contribution in [2.24, 2.45) is 0 Å². The summed E-state index contributed by atoms with van der Waals surface area (Å²) in [5.74, 6) is 0.0184. The Morgan fingerprint density at radius 3 is 2.62 bits per heavy atom. The molecule has 5 N–H and O–H groups in total. The Balaban J connectivity index is 1.79. The number of hydrogen-bond acceptors (Lipinski definition) is 10. The Morgan fingerprint density at radius 2 is 1.94 bits per heavy atom. The number of aromatic nitrogens is 2. The molecule has 2 saturated heterocycles. The molecule has 3 heterocycles. The lowest BCUT2D eigenvalue weighted by Crippen LogP contribution is -2.46. The standard InChI is InChI=1S/C18H31N3O11P2/c1-3-4-5-6-7-8-29-34(26,27)32-14-13-16(21-9-12(2)15(19)20-17(21)22)31-18(14,10-28-13)11-30-33(23,24)25/h9,13-14,16H,3-8,10-11H2,1-2H3,(H,26,27)(H2,19,20,22)(H2,23,24,25)/t13?,14-,16-,18-/m1/s1. The first-order valence-electron chi connectivity index (χ1n) is 10.9. The van der Waals surface area contributed by atoms with Gasteiger partial charge in [0.15, 0.2) is 6.23 Å². The molecular weight excluding hydrogens is 496 g/mol. The van der Waals surface area contributed by atoms with Gasteiger partial charge in [-0.1, -0.05) is 32.6 Å². The van der Waals surface area contributed by atoms with Crippen LogP contribution in [0.2, 0.25) is 0 Å². The zero-order valence-electron chi connectivity index (χ0n) is 18.9. The third-order valence-corrected chi connectivity index (χ3v) is 7.12. The fourth-order valence-electron chi connectivity index (χ4n) is 3.89. The molecule has 3 rings (SSSR count). The lowest BCUT2D eigenvalue weighted by atomic mass is 10.0. The van der Waals surface area contributed by atoms with Gasteiger partial charge >= 0.3 is 21.3 Å². The van der Waals surface area contributed by atoms with E-state index in [2.05, 4.69) is 16.4 Å². The summed E-state index contributed by atoms with van der Waals surface area (Å²) >= 11 is 0.